The Morgan fingerprint density at radius 2 is 2.00 bits per heavy atom. The lowest BCUT2D eigenvalue weighted by Gasteiger charge is -2.12. The molecule has 0 unspecified atom stereocenters. The van der Waals surface area contributed by atoms with Crippen molar-refractivity contribution >= 4 is 11.2 Å². The topological polar surface area (TPSA) is 102 Å². The predicted molar refractivity (Wildman–Crippen MR) is 108 cm³/mol. The maximum Gasteiger partial charge on any atom is 0.330 e. The van der Waals surface area contributed by atoms with Crippen molar-refractivity contribution in [2.24, 2.45) is 5.92 Å². The van der Waals surface area contributed by atoms with Crippen LogP contribution in [0, 0.1) is 5.92 Å². The average Bonchev–Trinajstić information content (AvgIpc) is 3.01. The van der Waals surface area contributed by atoms with Gasteiger partial charge >= 0.3 is 5.69 Å². The van der Waals surface area contributed by atoms with Crippen LogP contribution in [0.5, 0.6) is 11.5 Å². The second-order valence-corrected chi connectivity index (χ2v) is 7.26. The van der Waals surface area contributed by atoms with Gasteiger partial charge in [-0.05, 0) is 30.5 Å². The Labute approximate surface area is 162 Å². The molecular weight excluding hydrogens is 360 g/mol. The summed E-state index contributed by atoms with van der Waals surface area (Å²) in [4.78, 5) is 32.2. The Hall–Kier alpha value is -3.03. The van der Waals surface area contributed by atoms with Crippen molar-refractivity contribution in [1.29, 1.82) is 0 Å². The van der Waals surface area contributed by atoms with Crippen LogP contribution in [0.25, 0.3) is 22.6 Å². The van der Waals surface area contributed by atoms with E-state index in [4.69, 9.17) is 4.74 Å². The molecule has 1 aromatic carbocycles. The standard InChI is InChI=1S/C20H26N4O4/c1-5-6-9-23-18-16(19(26)22-20(23)27)24(11-12(2)3)17(21-18)13-7-8-14(25)15(10-13)28-4/h7-8,10,12,25H,5-6,9,11H2,1-4H3,(H,22,26,27). The number of imidazole rings is 1. The van der Waals surface area contributed by atoms with Crippen molar-refractivity contribution in [3.63, 3.8) is 0 Å². The smallest absolute Gasteiger partial charge is 0.330 e. The number of benzene rings is 1. The minimum absolute atomic E-state index is 0.0236. The molecule has 0 atom stereocenters. The zero-order valence-corrected chi connectivity index (χ0v) is 16.7. The molecule has 8 nitrogen and oxygen atoms in total. The van der Waals surface area contributed by atoms with Gasteiger partial charge in [0, 0.05) is 18.7 Å². The molecule has 150 valence electrons. The van der Waals surface area contributed by atoms with Gasteiger partial charge in [-0.1, -0.05) is 27.2 Å². The van der Waals surface area contributed by atoms with Gasteiger partial charge < -0.3 is 14.4 Å². The maximum atomic E-state index is 12.7. The fraction of sp³-hybridized carbons (Fsp3) is 0.450. The molecule has 0 aliphatic rings. The minimum Gasteiger partial charge on any atom is -0.504 e. The van der Waals surface area contributed by atoms with Crippen molar-refractivity contribution in [3.05, 3.63) is 39.0 Å². The number of H-pyrrole nitrogens is 1. The zero-order chi connectivity index (χ0) is 20.4. The van der Waals surface area contributed by atoms with Gasteiger partial charge in [0.25, 0.3) is 5.56 Å². The number of aromatic nitrogens is 4. The van der Waals surface area contributed by atoms with Gasteiger partial charge in [0.2, 0.25) is 0 Å². The fourth-order valence-corrected chi connectivity index (χ4v) is 3.28. The first kappa shape index (κ1) is 19.7. The third kappa shape index (κ3) is 3.54. The molecule has 0 amide bonds. The van der Waals surface area contributed by atoms with Crippen LogP contribution in [0.2, 0.25) is 0 Å². The van der Waals surface area contributed by atoms with Crippen molar-refractivity contribution in [2.75, 3.05) is 7.11 Å². The van der Waals surface area contributed by atoms with Crippen molar-refractivity contribution in [3.8, 4) is 22.9 Å². The maximum absolute atomic E-state index is 12.7. The molecule has 2 N–H and O–H groups in total. The van der Waals surface area contributed by atoms with Gasteiger partial charge in [-0.15, -0.1) is 0 Å². The molecule has 0 bridgehead atoms. The number of hydrogen-bond acceptors (Lipinski definition) is 5. The number of rotatable bonds is 7. The number of nitrogens with one attached hydrogen (secondary N) is 1. The van der Waals surface area contributed by atoms with E-state index in [9.17, 15) is 14.7 Å². The Balaban J connectivity index is 2.34. The third-order valence-corrected chi connectivity index (χ3v) is 4.61. The summed E-state index contributed by atoms with van der Waals surface area (Å²) in [6.45, 7) is 7.19. The van der Waals surface area contributed by atoms with Crippen LogP contribution >= 0.6 is 0 Å². The van der Waals surface area contributed by atoms with E-state index in [1.807, 2.05) is 25.3 Å². The van der Waals surface area contributed by atoms with Gasteiger partial charge in [0.15, 0.2) is 22.7 Å². The molecular formula is C20H26N4O4. The number of fused-ring (bicyclic) bond motifs is 1. The molecule has 0 aliphatic heterocycles. The average molecular weight is 386 g/mol. The summed E-state index contributed by atoms with van der Waals surface area (Å²) in [6, 6.07) is 4.93. The highest BCUT2D eigenvalue weighted by Crippen LogP contribution is 2.32. The van der Waals surface area contributed by atoms with Crippen LogP contribution in [-0.4, -0.2) is 31.3 Å². The van der Waals surface area contributed by atoms with E-state index in [2.05, 4.69) is 9.97 Å². The van der Waals surface area contributed by atoms with Crippen molar-refractivity contribution in [2.45, 2.75) is 46.7 Å². The van der Waals surface area contributed by atoms with E-state index in [-0.39, 0.29) is 11.7 Å². The molecule has 3 rings (SSSR count). The molecule has 0 radical (unpaired) electrons. The highest BCUT2D eigenvalue weighted by molar-refractivity contribution is 5.77. The number of aryl methyl sites for hydroxylation is 1. The quantitative estimate of drug-likeness (QED) is 0.650. The lowest BCUT2D eigenvalue weighted by Crippen LogP contribution is -2.31. The first-order valence-corrected chi connectivity index (χ1v) is 9.48. The summed E-state index contributed by atoms with van der Waals surface area (Å²) in [7, 11) is 1.48. The number of unbranched alkanes of at least 4 members (excludes halogenated alkanes) is 1. The molecule has 3 aromatic rings. The second-order valence-electron chi connectivity index (χ2n) is 7.26. The Kier molecular flexibility index (Phi) is 5.58. The Bertz CT molecular complexity index is 1110. The largest absolute Gasteiger partial charge is 0.504 e. The number of hydrogen-bond donors (Lipinski definition) is 2. The number of aromatic hydroxyl groups is 1. The van der Waals surface area contributed by atoms with Crippen LogP contribution in [0.1, 0.15) is 33.6 Å². The minimum atomic E-state index is -0.449. The van der Waals surface area contributed by atoms with Gasteiger partial charge in [-0.25, -0.2) is 9.78 Å². The molecule has 0 aliphatic carbocycles. The summed E-state index contributed by atoms with van der Waals surface area (Å²) in [6.07, 6.45) is 1.72. The fourth-order valence-electron chi connectivity index (χ4n) is 3.28. The summed E-state index contributed by atoms with van der Waals surface area (Å²) in [5.41, 5.74) is 0.560. The van der Waals surface area contributed by atoms with Crippen LogP contribution in [-0.2, 0) is 13.1 Å². The molecule has 2 heterocycles. The lowest BCUT2D eigenvalue weighted by atomic mass is 10.1. The first-order chi connectivity index (χ1) is 13.4. The summed E-state index contributed by atoms with van der Waals surface area (Å²) in [5.74, 6) is 1.15. The molecule has 0 spiro atoms. The number of methoxy groups -OCH3 is 1. The number of phenols is 1. The lowest BCUT2D eigenvalue weighted by molar-refractivity contribution is 0.373. The number of aromatic amines is 1. The number of ether oxygens (including phenoxy) is 1. The third-order valence-electron chi connectivity index (χ3n) is 4.61. The molecule has 0 fully saturated rings. The van der Waals surface area contributed by atoms with Crippen molar-refractivity contribution < 1.29 is 9.84 Å². The van der Waals surface area contributed by atoms with E-state index in [0.717, 1.165) is 12.8 Å². The highest BCUT2D eigenvalue weighted by Gasteiger charge is 2.21. The normalized spacial score (nSPS) is 11.5. The molecule has 8 heteroatoms. The summed E-state index contributed by atoms with van der Waals surface area (Å²) < 4.78 is 8.58. The molecule has 0 saturated heterocycles. The zero-order valence-electron chi connectivity index (χ0n) is 16.7. The molecule has 0 saturated carbocycles. The number of nitrogens with zero attached hydrogens (tertiary/aromatic N) is 3. The Morgan fingerprint density at radius 1 is 1.25 bits per heavy atom. The van der Waals surface area contributed by atoms with Crippen LogP contribution in [0.15, 0.2) is 27.8 Å². The monoisotopic (exact) mass is 386 g/mol. The van der Waals surface area contributed by atoms with Crippen LogP contribution < -0.4 is 16.0 Å². The first-order valence-electron chi connectivity index (χ1n) is 9.48. The van der Waals surface area contributed by atoms with E-state index in [1.165, 1.54) is 17.7 Å². The van der Waals surface area contributed by atoms with E-state index < -0.39 is 11.2 Å². The Morgan fingerprint density at radius 3 is 2.64 bits per heavy atom. The SMILES string of the molecule is CCCCn1c(=O)[nH]c(=O)c2c1nc(-c1ccc(O)c(OC)c1)n2CC(C)C. The van der Waals surface area contributed by atoms with E-state index in [1.54, 1.807) is 12.1 Å². The van der Waals surface area contributed by atoms with Gasteiger partial charge in [-0.2, -0.15) is 0 Å². The predicted octanol–water partition coefficient (Wildman–Crippen LogP) is 2.72. The van der Waals surface area contributed by atoms with Crippen LogP contribution in [0.3, 0.4) is 0 Å². The van der Waals surface area contributed by atoms with Gasteiger partial charge in [-0.3, -0.25) is 14.3 Å². The van der Waals surface area contributed by atoms with Gasteiger partial charge in [0.1, 0.15) is 5.82 Å². The highest BCUT2D eigenvalue weighted by atomic mass is 16.5. The summed E-state index contributed by atoms with van der Waals surface area (Å²) >= 11 is 0. The molecule has 2 aromatic heterocycles. The van der Waals surface area contributed by atoms with E-state index in [0.29, 0.717) is 41.4 Å². The van der Waals surface area contributed by atoms with Crippen molar-refractivity contribution in [1.82, 2.24) is 19.1 Å². The van der Waals surface area contributed by atoms with E-state index >= 15 is 0 Å². The molecule has 28 heavy (non-hydrogen) atoms. The van der Waals surface area contributed by atoms with Crippen LogP contribution in [0.4, 0.5) is 0 Å². The summed E-state index contributed by atoms with van der Waals surface area (Å²) in [5, 5.41) is 9.91. The second kappa shape index (κ2) is 7.92. The van der Waals surface area contributed by atoms with Gasteiger partial charge in [0.05, 0.1) is 7.11 Å². The number of phenolic OH excluding ortho intramolecular Hbond substituents is 1.